The van der Waals surface area contributed by atoms with E-state index in [1.165, 1.54) is 10.0 Å². The minimum atomic E-state index is -1.88. The summed E-state index contributed by atoms with van der Waals surface area (Å²) in [5.41, 5.74) is 1.18. The van der Waals surface area contributed by atoms with Gasteiger partial charge in [-0.1, -0.05) is 0 Å². The summed E-state index contributed by atoms with van der Waals surface area (Å²) in [5.74, 6) is -0.182. The first kappa shape index (κ1) is 19.3. The van der Waals surface area contributed by atoms with Crippen LogP contribution in [0.25, 0.3) is 0 Å². The van der Waals surface area contributed by atoms with Gasteiger partial charge in [0.2, 0.25) is 0 Å². The monoisotopic (exact) mass is 426 g/mol. The summed E-state index contributed by atoms with van der Waals surface area (Å²) in [5, 5.41) is -0.267. The van der Waals surface area contributed by atoms with Crippen molar-refractivity contribution in [3.8, 4) is 0 Å². The number of hydrogen-bond donors (Lipinski definition) is 0. The Morgan fingerprint density at radius 1 is 1.04 bits per heavy atom. The Bertz CT molecular complexity index is 643. The average molecular weight is 426 g/mol. The van der Waals surface area contributed by atoms with E-state index < -0.39 is 8.32 Å². The van der Waals surface area contributed by atoms with Crippen molar-refractivity contribution >= 4 is 45.3 Å². The number of carbonyl (C=O) groups is 1. The summed E-state index contributed by atoms with van der Waals surface area (Å²) >= 11 is 6.83. The standard InChI is InChI=1S/C19H23ClO2SeSi/c1-24(2,3)22-18(21)14-17(20)19(15-10-6-4-7-11-15)23-16-12-8-5-9-13-16/h4-13,17,19H,14H2,1-3H3/t17-,19+/m1/s1. The van der Waals surface area contributed by atoms with E-state index >= 15 is 0 Å². The number of hydrogen-bond acceptors (Lipinski definition) is 2. The van der Waals surface area contributed by atoms with Crippen LogP contribution in [0.1, 0.15) is 16.8 Å². The van der Waals surface area contributed by atoms with Crippen LogP contribution in [-0.2, 0) is 9.22 Å². The van der Waals surface area contributed by atoms with E-state index in [4.69, 9.17) is 16.0 Å². The Morgan fingerprint density at radius 2 is 1.58 bits per heavy atom. The van der Waals surface area contributed by atoms with Crippen molar-refractivity contribution in [2.45, 2.75) is 36.3 Å². The molecule has 0 saturated heterocycles. The average Bonchev–Trinajstić information content (AvgIpc) is 2.52. The topological polar surface area (TPSA) is 26.3 Å². The van der Waals surface area contributed by atoms with E-state index in [2.05, 4.69) is 24.3 Å². The fraction of sp³-hybridized carbons (Fsp3) is 0.316. The molecule has 0 amide bonds. The molecule has 0 aromatic heterocycles. The first-order chi connectivity index (χ1) is 11.3. The van der Waals surface area contributed by atoms with Gasteiger partial charge in [0.1, 0.15) is 0 Å². The summed E-state index contributed by atoms with van der Waals surface area (Å²) in [6, 6.07) is 20.6. The molecule has 0 bridgehead atoms. The van der Waals surface area contributed by atoms with Crippen LogP contribution in [0.3, 0.4) is 0 Å². The predicted octanol–water partition coefficient (Wildman–Crippen LogP) is 4.13. The van der Waals surface area contributed by atoms with Crippen LogP contribution < -0.4 is 4.46 Å². The van der Waals surface area contributed by atoms with E-state index in [1.54, 1.807) is 0 Å². The number of alkyl halides is 1. The summed E-state index contributed by atoms with van der Waals surface area (Å²) in [4.78, 5) is 12.3. The van der Waals surface area contributed by atoms with Crippen LogP contribution in [0.4, 0.5) is 0 Å². The summed E-state index contributed by atoms with van der Waals surface area (Å²) < 4.78 is 6.85. The van der Waals surface area contributed by atoms with Crippen LogP contribution in [-0.4, -0.2) is 34.6 Å². The second-order valence-electron chi connectivity index (χ2n) is 6.57. The summed E-state index contributed by atoms with van der Waals surface area (Å²) in [6.45, 7) is 6.03. The molecular weight excluding hydrogens is 403 g/mol. The van der Waals surface area contributed by atoms with Gasteiger partial charge in [0.05, 0.1) is 0 Å². The summed E-state index contributed by atoms with van der Waals surface area (Å²) in [7, 11) is -1.88. The molecule has 128 valence electrons. The Labute approximate surface area is 156 Å². The van der Waals surface area contributed by atoms with Crippen molar-refractivity contribution in [1.82, 2.24) is 0 Å². The van der Waals surface area contributed by atoms with Crippen LogP contribution in [0.15, 0.2) is 60.7 Å². The van der Waals surface area contributed by atoms with E-state index in [1.807, 2.05) is 56.0 Å². The van der Waals surface area contributed by atoms with Gasteiger partial charge in [-0.2, -0.15) is 0 Å². The van der Waals surface area contributed by atoms with E-state index in [9.17, 15) is 4.79 Å². The number of carbonyl (C=O) groups excluding carboxylic acids is 1. The van der Waals surface area contributed by atoms with Crippen molar-refractivity contribution < 1.29 is 9.22 Å². The zero-order chi connectivity index (χ0) is 17.6. The maximum atomic E-state index is 12.2. The van der Waals surface area contributed by atoms with Gasteiger partial charge in [-0.3, -0.25) is 0 Å². The molecule has 0 heterocycles. The zero-order valence-electron chi connectivity index (χ0n) is 14.2. The van der Waals surface area contributed by atoms with Gasteiger partial charge in [0.15, 0.2) is 0 Å². The molecule has 2 rings (SSSR count). The van der Waals surface area contributed by atoms with Crippen molar-refractivity contribution in [3.05, 3.63) is 66.2 Å². The van der Waals surface area contributed by atoms with Gasteiger partial charge in [-0.05, 0) is 0 Å². The van der Waals surface area contributed by atoms with E-state index in [0.717, 1.165) is 0 Å². The molecule has 2 aromatic carbocycles. The Balaban J connectivity index is 2.14. The minimum absolute atomic E-state index is 0.136. The molecule has 0 saturated carbocycles. The van der Waals surface area contributed by atoms with Crippen molar-refractivity contribution in [3.63, 3.8) is 0 Å². The molecule has 0 aliphatic rings. The second kappa shape index (κ2) is 8.86. The summed E-state index contributed by atoms with van der Waals surface area (Å²) in [6.07, 6.45) is 0.250. The number of rotatable bonds is 7. The molecule has 0 spiro atoms. The van der Waals surface area contributed by atoms with Gasteiger partial charge >= 0.3 is 157 Å². The third-order valence-electron chi connectivity index (χ3n) is 3.24. The van der Waals surface area contributed by atoms with Gasteiger partial charge in [-0.15, -0.1) is 0 Å². The molecule has 2 aromatic rings. The predicted molar refractivity (Wildman–Crippen MR) is 105 cm³/mol. The fourth-order valence-electron chi connectivity index (χ4n) is 2.29. The molecule has 0 radical (unpaired) electrons. The number of benzene rings is 2. The quantitative estimate of drug-likeness (QED) is 0.492. The van der Waals surface area contributed by atoms with Gasteiger partial charge in [0.25, 0.3) is 0 Å². The molecule has 0 fully saturated rings. The van der Waals surface area contributed by atoms with Gasteiger partial charge < -0.3 is 0 Å². The van der Waals surface area contributed by atoms with Gasteiger partial charge in [-0.25, -0.2) is 0 Å². The third-order valence-corrected chi connectivity index (χ3v) is 7.76. The number of halogens is 1. The molecule has 0 N–H and O–H groups in total. The van der Waals surface area contributed by atoms with Crippen LogP contribution in [0.2, 0.25) is 19.6 Å². The Morgan fingerprint density at radius 3 is 2.12 bits per heavy atom. The Hall–Kier alpha value is -1.06. The molecule has 2 atom stereocenters. The normalized spacial score (nSPS) is 14.0. The molecule has 0 unspecified atom stereocenters. The van der Waals surface area contributed by atoms with Crippen LogP contribution in [0.5, 0.6) is 0 Å². The Kier molecular flexibility index (Phi) is 7.11. The van der Waals surface area contributed by atoms with Crippen LogP contribution >= 0.6 is 11.6 Å². The molecule has 5 heteroatoms. The maximum absolute atomic E-state index is 12.2. The van der Waals surface area contributed by atoms with E-state index in [0.29, 0.717) is 0 Å². The SMILES string of the molecule is C[Si](C)(C)OC(=O)C[C@@H](Cl)[C@@H]([Se]c1ccccc1)c1ccccc1. The first-order valence-corrected chi connectivity index (χ1v) is 13.7. The van der Waals surface area contributed by atoms with Crippen molar-refractivity contribution in [1.29, 1.82) is 0 Å². The van der Waals surface area contributed by atoms with Crippen molar-refractivity contribution in [2.24, 2.45) is 0 Å². The second-order valence-corrected chi connectivity index (χ2v) is 14.1. The van der Waals surface area contributed by atoms with Crippen LogP contribution in [0, 0.1) is 0 Å². The van der Waals surface area contributed by atoms with Crippen molar-refractivity contribution in [2.75, 3.05) is 0 Å². The molecule has 0 aliphatic carbocycles. The third kappa shape index (κ3) is 6.44. The molecular formula is C19H23ClO2SeSi. The van der Waals surface area contributed by atoms with E-state index in [-0.39, 0.29) is 37.5 Å². The first-order valence-electron chi connectivity index (χ1n) is 7.98. The van der Waals surface area contributed by atoms with Gasteiger partial charge in [0, 0.05) is 0 Å². The molecule has 0 aliphatic heterocycles. The molecule has 24 heavy (non-hydrogen) atoms. The molecule has 2 nitrogen and oxygen atoms in total. The zero-order valence-corrected chi connectivity index (χ0v) is 17.7. The fourth-order valence-corrected chi connectivity index (χ4v) is 6.00.